The summed E-state index contributed by atoms with van der Waals surface area (Å²) in [6.45, 7) is 0. The second-order valence-corrected chi connectivity index (χ2v) is 17.7. The Kier molecular flexibility index (Phi) is 7.48. The number of fused-ring (bicyclic) bond motifs is 16. The van der Waals surface area contributed by atoms with E-state index in [1.807, 2.05) is 24.3 Å². The van der Waals surface area contributed by atoms with Crippen LogP contribution in [-0.4, -0.2) is 19.0 Å². The van der Waals surface area contributed by atoms with Crippen LogP contribution >= 0.6 is 0 Å². The summed E-state index contributed by atoms with van der Waals surface area (Å²) in [4.78, 5) is 22.7. The molecule has 314 valence electrons. The zero-order chi connectivity index (χ0) is 44.7. The van der Waals surface area contributed by atoms with Gasteiger partial charge in [0.1, 0.15) is 0 Å². The Balaban J connectivity index is 1.14. The Morgan fingerprint density at radius 1 is 0.358 bits per heavy atom. The Bertz CT molecular complexity index is 4160. The number of hydrogen-bond acceptors (Lipinski definition) is 4. The van der Waals surface area contributed by atoms with E-state index in [-0.39, 0.29) is 21.2 Å². The topological polar surface area (TPSA) is 96.1 Å². The molecule has 0 fully saturated rings. The second kappa shape index (κ2) is 13.4. The molecule has 1 unspecified atom stereocenters. The number of non-ortho nitro benzene ring substituents is 2. The van der Waals surface area contributed by atoms with Crippen molar-refractivity contribution in [1.82, 2.24) is 9.13 Å². The summed E-state index contributed by atoms with van der Waals surface area (Å²) in [6.07, 6.45) is 0. The van der Waals surface area contributed by atoms with Gasteiger partial charge in [0.2, 0.25) is 0 Å². The van der Waals surface area contributed by atoms with Gasteiger partial charge in [-0.1, -0.05) is 109 Å². The summed E-state index contributed by atoms with van der Waals surface area (Å²) in [5.41, 5.74) is 16.6. The van der Waals surface area contributed by atoms with E-state index in [4.69, 9.17) is 0 Å². The van der Waals surface area contributed by atoms with E-state index in [1.54, 1.807) is 24.3 Å². The van der Waals surface area contributed by atoms with Crippen LogP contribution in [-0.2, 0) is 5.41 Å². The van der Waals surface area contributed by atoms with Crippen LogP contribution in [0.25, 0.3) is 99.1 Å². The molecule has 0 radical (unpaired) electrons. The van der Waals surface area contributed by atoms with Crippen LogP contribution in [0.2, 0.25) is 0 Å². The minimum atomic E-state index is -0.778. The predicted molar refractivity (Wildman–Crippen MR) is 268 cm³/mol. The molecule has 8 heteroatoms. The maximum absolute atomic E-state index is 11.7. The molecule has 1 aliphatic carbocycles. The minimum Gasteiger partial charge on any atom is -0.309 e. The van der Waals surface area contributed by atoms with Gasteiger partial charge in [-0.15, -0.1) is 0 Å². The molecule has 0 amide bonds. The average molecular weight is 863 g/mol. The van der Waals surface area contributed by atoms with Crippen LogP contribution in [0.5, 0.6) is 0 Å². The van der Waals surface area contributed by atoms with Crippen molar-refractivity contribution in [2.45, 2.75) is 5.41 Å². The van der Waals surface area contributed by atoms with Crippen LogP contribution < -0.4 is 0 Å². The van der Waals surface area contributed by atoms with Crippen LogP contribution in [0.1, 0.15) is 22.3 Å². The first-order valence-corrected chi connectivity index (χ1v) is 22.3. The molecule has 1 aliphatic heterocycles. The van der Waals surface area contributed by atoms with Gasteiger partial charge >= 0.3 is 0 Å². The predicted octanol–water partition coefficient (Wildman–Crippen LogP) is 14.9. The lowest BCUT2D eigenvalue weighted by atomic mass is 9.65. The van der Waals surface area contributed by atoms with Crippen LogP contribution in [0.3, 0.4) is 0 Å². The molecule has 0 saturated heterocycles. The van der Waals surface area contributed by atoms with Crippen LogP contribution in [0.15, 0.2) is 206 Å². The van der Waals surface area contributed by atoms with Gasteiger partial charge in [-0.2, -0.15) is 0 Å². The van der Waals surface area contributed by atoms with E-state index in [2.05, 4.69) is 167 Å². The molecule has 2 aromatic heterocycles. The van der Waals surface area contributed by atoms with Gasteiger partial charge in [0.25, 0.3) is 11.4 Å². The number of rotatable bonds is 5. The highest BCUT2D eigenvalue weighted by molar-refractivity contribution is 6.16. The number of hydrogen-bond donors (Lipinski definition) is 0. The van der Waals surface area contributed by atoms with E-state index in [0.717, 1.165) is 88.4 Å². The first-order valence-electron chi connectivity index (χ1n) is 22.3. The van der Waals surface area contributed by atoms with Gasteiger partial charge in [0.15, 0.2) is 0 Å². The number of nitrogens with zero attached hydrogens (tertiary/aromatic N) is 4. The highest BCUT2D eigenvalue weighted by Crippen LogP contribution is 2.62. The summed E-state index contributed by atoms with van der Waals surface area (Å²) in [6, 6.07) is 70.9. The molecule has 8 nitrogen and oxygen atoms in total. The Morgan fingerprint density at radius 3 is 1.69 bits per heavy atom. The molecule has 0 N–H and O–H groups in total. The molecular weight excluding hydrogens is 829 g/mol. The van der Waals surface area contributed by atoms with E-state index in [1.165, 1.54) is 33.0 Å². The third-order valence-electron chi connectivity index (χ3n) is 14.5. The van der Waals surface area contributed by atoms with Crippen molar-refractivity contribution in [2.24, 2.45) is 0 Å². The Labute approximate surface area is 382 Å². The molecule has 3 heterocycles. The summed E-state index contributed by atoms with van der Waals surface area (Å²) in [5, 5.41) is 30.2. The van der Waals surface area contributed by atoms with E-state index in [0.29, 0.717) is 0 Å². The maximum Gasteiger partial charge on any atom is 0.269 e. The van der Waals surface area contributed by atoms with Crippen molar-refractivity contribution in [3.8, 4) is 44.8 Å². The highest BCUT2D eigenvalue weighted by Gasteiger charge is 2.51. The molecule has 2 aliphatic rings. The molecule has 67 heavy (non-hydrogen) atoms. The fourth-order valence-corrected chi connectivity index (χ4v) is 11.7. The van der Waals surface area contributed by atoms with Gasteiger partial charge in [-0.3, -0.25) is 20.2 Å². The molecule has 10 aromatic carbocycles. The maximum atomic E-state index is 11.7. The standard InChI is InChI=1S/C59H34N4O4/c64-62(65)40-25-19-35(20-26-40)38-24-30-55-47(31-38)48-33-52-46(34-57(48)60(55)53-18-7-10-37-9-1-2-11-42(37)53)43-29-23-39(36-21-27-41(28-22-36)63(66)67)32-51(43)59(52)49-14-4-6-17-56(49)61-54-16-5-3-12-44(54)45-13-8-15-50(59)58(45)61/h1-34H. The smallest absolute Gasteiger partial charge is 0.269 e. The summed E-state index contributed by atoms with van der Waals surface area (Å²) >= 11 is 0. The minimum absolute atomic E-state index is 0.0522. The monoisotopic (exact) mass is 862 g/mol. The lowest BCUT2D eigenvalue weighted by Gasteiger charge is -2.39. The van der Waals surface area contributed by atoms with Crippen molar-refractivity contribution in [2.75, 3.05) is 0 Å². The third kappa shape index (κ3) is 4.95. The van der Waals surface area contributed by atoms with Gasteiger partial charge in [-0.25, -0.2) is 0 Å². The highest BCUT2D eigenvalue weighted by atomic mass is 16.6. The van der Waals surface area contributed by atoms with Gasteiger partial charge in [0, 0.05) is 51.2 Å². The Hall–Kier alpha value is -9.14. The van der Waals surface area contributed by atoms with E-state index < -0.39 is 5.41 Å². The second-order valence-electron chi connectivity index (χ2n) is 17.7. The zero-order valence-corrected chi connectivity index (χ0v) is 35.6. The third-order valence-corrected chi connectivity index (χ3v) is 14.5. The van der Waals surface area contributed by atoms with Crippen molar-refractivity contribution in [3.05, 3.63) is 249 Å². The molecule has 0 bridgehead atoms. The first kappa shape index (κ1) is 37.3. The fourth-order valence-electron chi connectivity index (χ4n) is 11.7. The summed E-state index contributed by atoms with van der Waals surface area (Å²) < 4.78 is 4.84. The van der Waals surface area contributed by atoms with E-state index >= 15 is 0 Å². The van der Waals surface area contributed by atoms with Gasteiger partial charge in [0.05, 0.1) is 48.7 Å². The quantitative estimate of drug-likeness (QED) is 0.127. The van der Waals surface area contributed by atoms with Crippen molar-refractivity contribution in [1.29, 1.82) is 0 Å². The molecule has 1 spiro atoms. The molecule has 0 saturated carbocycles. The van der Waals surface area contributed by atoms with E-state index in [9.17, 15) is 20.2 Å². The van der Waals surface area contributed by atoms with Crippen molar-refractivity contribution in [3.63, 3.8) is 0 Å². The molecule has 12 aromatic rings. The lowest BCUT2D eigenvalue weighted by Crippen LogP contribution is -2.33. The Morgan fingerprint density at radius 2 is 0.910 bits per heavy atom. The lowest BCUT2D eigenvalue weighted by molar-refractivity contribution is -0.385. The molecule has 14 rings (SSSR count). The normalized spacial score (nSPS) is 14.6. The molecule has 1 atom stereocenters. The number of para-hydroxylation sites is 3. The molecular formula is C59H34N4O4. The zero-order valence-electron chi connectivity index (χ0n) is 35.6. The largest absolute Gasteiger partial charge is 0.309 e. The average Bonchev–Trinajstić information content (AvgIpc) is 3.98. The first-order chi connectivity index (χ1) is 32.9. The van der Waals surface area contributed by atoms with Crippen LogP contribution in [0.4, 0.5) is 11.4 Å². The van der Waals surface area contributed by atoms with Crippen LogP contribution in [0, 0.1) is 20.2 Å². The van der Waals surface area contributed by atoms with Crippen molar-refractivity contribution < 1.29 is 9.85 Å². The summed E-state index contributed by atoms with van der Waals surface area (Å²) in [5.74, 6) is 0. The fraction of sp³-hybridized carbons (Fsp3) is 0.0169. The number of aromatic nitrogens is 2. The van der Waals surface area contributed by atoms with Gasteiger partial charge < -0.3 is 9.13 Å². The number of benzene rings is 10. The number of nitro benzene ring substituents is 2. The van der Waals surface area contributed by atoms with Crippen molar-refractivity contribution >= 4 is 65.8 Å². The SMILES string of the molecule is O=[N+]([O-])c1ccc(-c2ccc3c(c2)C2(c4cc5c6cc(-c7ccc([N+](=O)[O-])cc7)ccc6n(-c6cccc7ccccc67)c5cc4-3)c3ccccc3-n3c4ccccc4c4cccc2c43)cc1. The number of nitro groups is 2. The summed E-state index contributed by atoms with van der Waals surface area (Å²) in [7, 11) is 0. The van der Waals surface area contributed by atoms with Gasteiger partial charge in [-0.05, 0) is 134 Å².